The van der Waals surface area contributed by atoms with Crippen molar-refractivity contribution in [3.63, 3.8) is 0 Å². The van der Waals surface area contributed by atoms with E-state index in [1.54, 1.807) is 6.07 Å². The maximum absolute atomic E-state index is 13.3. The molecule has 4 heteroatoms. The Balaban J connectivity index is 1.95. The Bertz CT molecular complexity index is 833. The fourth-order valence-corrected chi connectivity index (χ4v) is 2.63. The molecule has 3 rings (SSSR count). The Labute approximate surface area is 134 Å². The largest absolute Gasteiger partial charge is 0.348 e. The summed E-state index contributed by atoms with van der Waals surface area (Å²) in [5, 5.41) is 3.69. The van der Waals surface area contributed by atoms with Crippen molar-refractivity contribution in [3.8, 4) is 0 Å². The fourth-order valence-electron chi connectivity index (χ4n) is 2.63. The van der Waals surface area contributed by atoms with Gasteiger partial charge < -0.3 is 5.32 Å². The topological polar surface area (TPSA) is 42.0 Å². The third-order valence-corrected chi connectivity index (χ3v) is 3.69. The van der Waals surface area contributed by atoms with Gasteiger partial charge in [0.05, 0.1) is 17.3 Å². The maximum atomic E-state index is 13.3. The van der Waals surface area contributed by atoms with E-state index >= 15 is 0 Å². The molecule has 0 saturated carbocycles. The van der Waals surface area contributed by atoms with Crippen molar-refractivity contribution >= 4 is 16.8 Å². The minimum Gasteiger partial charge on any atom is -0.348 e. The van der Waals surface area contributed by atoms with Crippen molar-refractivity contribution in [2.75, 3.05) is 0 Å². The summed E-state index contributed by atoms with van der Waals surface area (Å²) in [4.78, 5) is 16.1. The van der Waals surface area contributed by atoms with E-state index in [1.165, 1.54) is 19.1 Å². The van der Waals surface area contributed by atoms with E-state index in [9.17, 15) is 9.18 Å². The maximum Gasteiger partial charge on any atom is 0.217 e. The zero-order valence-electron chi connectivity index (χ0n) is 12.8. The van der Waals surface area contributed by atoms with Gasteiger partial charge in [0.1, 0.15) is 5.82 Å². The van der Waals surface area contributed by atoms with Crippen LogP contribution in [0.3, 0.4) is 0 Å². The molecule has 116 valence electrons. The number of hydrogen-bond donors (Lipinski definition) is 1. The van der Waals surface area contributed by atoms with Gasteiger partial charge in [0.2, 0.25) is 5.91 Å². The average Bonchev–Trinajstić information content (AvgIpc) is 2.54. The Hall–Kier alpha value is -2.75. The number of benzene rings is 2. The lowest BCUT2D eigenvalue weighted by atomic mass is 10.0. The van der Waals surface area contributed by atoms with Crippen LogP contribution in [0.4, 0.5) is 4.39 Å². The second-order valence-electron chi connectivity index (χ2n) is 5.52. The van der Waals surface area contributed by atoms with Crippen LogP contribution in [0.5, 0.6) is 0 Å². The number of fused-ring (bicyclic) bond motifs is 1. The van der Waals surface area contributed by atoms with E-state index in [-0.39, 0.29) is 17.8 Å². The van der Waals surface area contributed by atoms with E-state index in [0.29, 0.717) is 11.9 Å². The van der Waals surface area contributed by atoms with Gasteiger partial charge in [0.15, 0.2) is 0 Å². The van der Waals surface area contributed by atoms with Crippen LogP contribution in [-0.4, -0.2) is 10.9 Å². The number of amides is 1. The molecule has 1 heterocycles. The molecule has 3 aromatic rings. The van der Waals surface area contributed by atoms with Crippen LogP contribution in [0, 0.1) is 5.82 Å². The molecule has 0 radical (unpaired) electrons. The summed E-state index contributed by atoms with van der Waals surface area (Å²) < 4.78 is 13.3. The van der Waals surface area contributed by atoms with Crippen LogP contribution in [0.2, 0.25) is 0 Å². The van der Waals surface area contributed by atoms with Gasteiger partial charge in [-0.25, -0.2) is 4.39 Å². The monoisotopic (exact) mass is 308 g/mol. The zero-order valence-corrected chi connectivity index (χ0v) is 12.8. The van der Waals surface area contributed by atoms with Crippen molar-refractivity contribution in [2.45, 2.75) is 19.4 Å². The highest BCUT2D eigenvalue weighted by Gasteiger charge is 2.15. The lowest BCUT2D eigenvalue weighted by Crippen LogP contribution is -2.28. The van der Waals surface area contributed by atoms with Gasteiger partial charge >= 0.3 is 0 Å². The average molecular weight is 308 g/mol. The lowest BCUT2D eigenvalue weighted by molar-refractivity contribution is -0.119. The molecule has 23 heavy (non-hydrogen) atoms. The molecule has 0 aliphatic carbocycles. The number of halogens is 1. The molecule has 1 N–H and O–H groups in total. The minimum absolute atomic E-state index is 0.105. The Kier molecular flexibility index (Phi) is 4.33. The van der Waals surface area contributed by atoms with Gasteiger partial charge in [-0.2, -0.15) is 0 Å². The number of carbonyl (C=O) groups excluding carboxylic acids is 1. The second kappa shape index (κ2) is 6.57. The number of aromatic nitrogens is 1. The van der Waals surface area contributed by atoms with Crippen LogP contribution in [0.25, 0.3) is 10.9 Å². The second-order valence-corrected chi connectivity index (χ2v) is 5.52. The van der Waals surface area contributed by atoms with Gasteiger partial charge in [-0.3, -0.25) is 9.78 Å². The van der Waals surface area contributed by atoms with Crippen molar-refractivity contribution in [1.29, 1.82) is 0 Å². The highest BCUT2D eigenvalue weighted by Crippen LogP contribution is 2.21. The molecule has 1 amide bonds. The first-order valence-corrected chi connectivity index (χ1v) is 7.49. The molecule has 0 fully saturated rings. The zero-order chi connectivity index (χ0) is 16.2. The van der Waals surface area contributed by atoms with Crippen molar-refractivity contribution < 1.29 is 9.18 Å². The number of rotatable bonds is 4. The van der Waals surface area contributed by atoms with Crippen LogP contribution >= 0.6 is 0 Å². The first-order valence-electron chi connectivity index (χ1n) is 7.49. The quantitative estimate of drug-likeness (QED) is 0.796. The van der Waals surface area contributed by atoms with E-state index in [2.05, 4.69) is 10.3 Å². The normalized spacial score (nSPS) is 12.1. The van der Waals surface area contributed by atoms with E-state index in [0.717, 1.165) is 16.6 Å². The predicted octanol–water partition coefficient (Wildman–Crippen LogP) is 3.79. The molecule has 0 saturated heterocycles. The van der Waals surface area contributed by atoms with Gasteiger partial charge in [0.25, 0.3) is 0 Å². The molecule has 0 aliphatic rings. The molecule has 3 nitrogen and oxygen atoms in total. The molecule has 1 atom stereocenters. The van der Waals surface area contributed by atoms with E-state index in [4.69, 9.17) is 0 Å². The molecule has 0 spiro atoms. The van der Waals surface area contributed by atoms with Crippen molar-refractivity contribution in [3.05, 3.63) is 77.7 Å². The first-order chi connectivity index (χ1) is 11.1. The number of hydrogen-bond acceptors (Lipinski definition) is 2. The van der Waals surface area contributed by atoms with Gasteiger partial charge in [0, 0.05) is 12.3 Å². The molecule has 0 aliphatic heterocycles. The van der Waals surface area contributed by atoms with Crippen LogP contribution in [0.1, 0.15) is 24.2 Å². The SMILES string of the molecule is CC(=O)NC(Cc1ccccc1)c1ccc2cc(F)ccc2n1. The van der Waals surface area contributed by atoms with Crippen molar-refractivity contribution in [1.82, 2.24) is 10.3 Å². The molecular formula is C19H17FN2O. The van der Waals surface area contributed by atoms with Gasteiger partial charge in [-0.15, -0.1) is 0 Å². The lowest BCUT2D eigenvalue weighted by Gasteiger charge is -2.18. The number of carbonyl (C=O) groups is 1. The van der Waals surface area contributed by atoms with E-state index < -0.39 is 0 Å². The highest BCUT2D eigenvalue weighted by molar-refractivity contribution is 5.79. The summed E-state index contributed by atoms with van der Waals surface area (Å²) in [6.07, 6.45) is 0.653. The Morgan fingerprint density at radius 1 is 1.13 bits per heavy atom. The highest BCUT2D eigenvalue weighted by atomic mass is 19.1. The van der Waals surface area contributed by atoms with Crippen molar-refractivity contribution in [2.24, 2.45) is 0 Å². The summed E-state index contributed by atoms with van der Waals surface area (Å²) in [7, 11) is 0. The van der Waals surface area contributed by atoms with Gasteiger partial charge in [-0.1, -0.05) is 36.4 Å². The summed E-state index contributed by atoms with van der Waals surface area (Å²) in [6, 6.07) is 17.9. The minimum atomic E-state index is -0.283. The molecule has 1 aromatic heterocycles. The van der Waals surface area contributed by atoms with Gasteiger partial charge in [-0.05, 0) is 36.2 Å². The third-order valence-electron chi connectivity index (χ3n) is 3.69. The summed E-state index contributed by atoms with van der Waals surface area (Å²) in [6.45, 7) is 1.49. The Morgan fingerprint density at radius 2 is 1.91 bits per heavy atom. The molecule has 1 unspecified atom stereocenters. The number of pyridine rings is 1. The first kappa shape index (κ1) is 15.2. The third kappa shape index (κ3) is 3.72. The van der Waals surface area contributed by atoms with Crippen LogP contribution < -0.4 is 5.32 Å². The van der Waals surface area contributed by atoms with Crippen LogP contribution in [0.15, 0.2) is 60.7 Å². The number of nitrogens with one attached hydrogen (secondary N) is 1. The molecule has 0 bridgehead atoms. The molecule has 2 aromatic carbocycles. The van der Waals surface area contributed by atoms with Crippen LogP contribution in [-0.2, 0) is 11.2 Å². The number of nitrogens with zero attached hydrogens (tertiary/aromatic N) is 1. The summed E-state index contributed by atoms with van der Waals surface area (Å²) in [5.74, 6) is -0.387. The summed E-state index contributed by atoms with van der Waals surface area (Å²) >= 11 is 0. The standard InChI is InChI=1S/C19H17FN2O/c1-13(23)21-19(11-14-5-3-2-4-6-14)18-9-7-15-12-16(20)8-10-17(15)22-18/h2-10,12,19H,11H2,1H3,(H,21,23). The smallest absolute Gasteiger partial charge is 0.217 e. The summed E-state index contributed by atoms with van der Waals surface area (Å²) in [5.41, 5.74) is 2.60. The Morgan fingerprint density at radius 3 is 2.65 bits per heavy atom. The molecular weight excluding hydrogens is 291 g/mol. The van der Waals surface area contributed by atoms with E-state index in [1.807, 2.05) is 42.5 Å². The predicted molar refractivity (Wildman–Crippen MR) is 88.4 cm³/mol. The fraction of sp³-hybridized carbons (Fsp3) is 0.158.